The largest absolute Gasteiger partial charge is 0.496 e. The summed E-state index contributed by atoms with van der Waals surface area (Å²) in [7, 11) is 1.67. The summed E-state index contributed by atoms with van der Waals surface area (Å²) in [5.74, 6) is 1.74. The minimum atomic E-state index is -0.108. The van der Waals surface area contributed by atoms with Gasteiger partial charge in [0.2, 0.25) is 0 Å². The first-order chi connectivity index (χ1) is 11.0. The van der Waals surface area contributed by atoms with Gasteiger partial charge in [0.25, 0.3) is 0 Å². The number of methoxy groups -OCH3 is 1. The quantitative estimate of drug-likeness (QED) is 0.833. The van der Waals surface area contributed by atoms with Crippen molar-refractivity contribution in [3.05, 3.63) is 52.6 Å². The molecule has 118 valence electrons. The van der Waals surface area contributed by atoms with E-state index in [1.54, 1.807) is 7.11 Å². The molecule has 0 aliphatic carbocycles. The van der Waals surface area contributed by atoms with Gasteiger partial charge in [-0.3, -0.25) is 0 Å². The topological polar surface area (TPSA) is 30.5 Å². The summed E-state index contributed by atoms with van der Waals surface area (Å²) < 4.78 is 11.5. The Bertz CT molecular complexity index is 840. The van der Waals surface area contributed by atoms with Crippen LogP contribution >= 0.6 is 11.6 Å². The van der Waals surface area contributed by atoms with Gasteiger partial charge in [-0.1, -0.05) is 17.7 Å². The molecule has 0 saturated carbocycles. The third-order valence-corrected chi connectivity index (χ3v) is 4.57. The summed E-state index contributed by atoms with van der Waals surface area (Å²) >= 11 is 6.09. The Balaban J connectivity index is 1.92. The van der Waals surface area contributed by atoms with Gasteiger partial charge in [0.15, 0.2) is 0 Å². The summed E-state index contributed by atoms with van der Waals surface area (Å²) in [5, 5.41) is 4.22. The van der Waals surface area contributed by atoms with Gasteiger partial charge in [-0.25, -0.2) is 0 Å². The number of nitrogens with one attached hydrogen (secondary N) is 1. The average molecular weight is 328 g/mol. The molecule has 3 nitrogen and oxygen atoms in total. The molecule has 2 aliphatic rings. The molecule has 2 aromatic rings. The van der Waals surface area contributed by atoms with Crippen LogP contribution in [0.3, 0.4) is 0 Å². The molecule has 0 unspecified atom stereocenters. The van der Waals surface area contributed by atoms with Crippen molar-refractivity contribution in [3.8, 4) is 16.9 Å². The number of hydrogen-bond acceptors (Lipinski definition) is 3. The lowest BCUT2D eigenvalue weighted by atomic mass is 9.89. The Kier molecular flexibility index (Phi) is 3.10. The van der Waals surface area contributed by atoms with Crippen LogP contribution in [0.4, 0.5) is 5.69 Å². The van der Waals surface area contributed by atoms with Gasteiger partial charge in [-0.05, 0) is 49.8 Å². The van der Waals surface area contributed by atoms with Crippen LogP contribution in [-0.2, 0) is 11.3 Å². The zero-order valence-corrected chi connectivity index (χ0v) is 14.1. The maximum absolute atomic E-state index is 6.09. The Morgan fingerprint density at radius 1 is 1.17 bits per heavy atom. The van der Waals surface area contributed by atoms with Gasteiger partial charge in [0.05, 0.1) is 12.6 Å². The number of benzene rings is 2. The minimum Gasteiger partial charge on any atom is -0.496 e. The monoisotopic (exact) mass is 327 g/mol. The van der Waals surface area contributed by atoms with Gasteiger partial charge in [0.1, 0.15) is 18.1 Å². The van der Waals surface area contributed by atoms with E-state index in [0.29, 0.717) is 11.6 Å². The smallest absolute Gasteiger partial charge is 0.128 e. The van der Waals surface area contributed by atoms with E-state index in [9.17, 15) is 0 Å². The van der Waals surface area contributed by atoms with E-state index in [1.165, 1.54) is 11.1 Å². The fourth-order valence-corrected chi connectivity index (χ4v) is 3.53. The maximum Gasteiger partial charge on any atom is 0.128 e. The fourth-order valence-electron chi connectivity index (χ4n) is 3.37. The maximum atomic E-state index is 6.09. The molecular formula is C19H18ClNO2. The van der Waals surface area contributed by atoms with Crippen molar-refractivity contribution in [1.29, 1.82) is 0 Å². The fraction of sp³-hybridized carbons (Fsp3) is 0.263. The van der Waals surface area contributed by atoms with Crippen molar-refractivity contribution in [2.75, 3.05) is 12.4 Å². The van der Waals surface area contributed by atoms with Crippen LogP contribution in [-0.4, -0.2) is 12.6 Å². The molecule has 4 rings (SSSR count). The van der Waals surface area contributed by atoms with E-state index in [4.69, 9.17) is 21.1 Å². The molecule has 0 aromatic heterocycles. The molecule has 0 fully saturated rings. The Labute approximate surface area is 140 Å². The lowest BCUT2D eigenvalue weighted by molar-refractivity contribution is 0.283. The molecule has 2 aromatic carbocycles. The van der Waals surface area contributed by atoms with Crippen LogP contribution in [0.2, 0.25) is 5.02 Å². The molecule has 1 N–H and O–H groups in total. The Morgan fingerprint density at radius 2 is 1.96 bits per heavy atom. The molecule has 0 saturated heterocycles. The summed E-state index contributed by atoms with van der Waals surface area (Å²) in [6.07, 6.45) is 2.15. The van der Waals surface area contributed by atoms with Crippen molar-refractivity contribution in [2.45, 2.75) is 26.0 Å². The molecule has 0 bridgehead atoms. The highest BCUT2D eigenvalue weighted by Crippen LogP contribution is 2.46. The lowest BCUT2D eigenvalue weighted by Crippen LogP contribution is -2.31. The normalized spacial score (nSPS) is 17.0. The Morgan fingerprint density at radius 3 is 2.74 bits per heavy atom. The highest BCUT2D eigenvalue weighted by atomic mass is 35.5. The first-order valence-electron chi connectivity index (χ1n) is 7.62. The predicted molar refractivity (Wildman–Crippen MR) is 93.9 cm³/mol. The van der Waals surface area contributed by atoms with E-state index in [2.05, 4.69) is 37.4 Å². The average Bonchev–Trinajstić information content (AvgIpc) is 2.91. The highest BCUT2D eigenvalue weighted by Gasteiger charge is 2.33. The molecule has 0 spiro atoms. The molecule has 2 heterocycles. The first kappa shape index (κ1) is 14.5. The molecule has 0 amide bonds. The summed E-state index contributed by atoms with van der Waals surface area (Å²) in [4.78, 5) is 0. The molecule has 2 aliphatic heterocycles. The zero-order valence-electron chi connectivity index (χ0n) is 13.4. The van der Waals surface area contributed by atoms with Crippen molar-refractivity contribution < 1.29 is 9.47 Å². The standard InChI is InChI=1S/C19H18ClNO2/c1-19(2)9-17-18-14(10-23-17)12(6-7-15(18)21-19)13-5-4-11(20)8-16(13)22-3/h4-9,21H,10H2,1-3H3. The van der Waals surface area contributed by atoms with Crippen molar-refractivity contribution in [3.63, 3.8) is 0 Å². The van der Waals surface area contributed by atoms with Crippen LogP contribution < -0.4 is 10.1 Å². The minimum absolute atomic E-state index is 0.108. The van der Waals surface area contributed by atoms with Gasteiger partial charge >= 0.3 is 0 Å². The molecule has 4 heteroatoms. The zero-order chi connectivity index (χ0) is 16.2. The third kappa shape index (κ3) is 2.27. The van der Waals surface area contributed by atoms with Gasteiger partial charge < -0.3 is 14.8 Å². The van der Waals surface area contributed by atoms with Crippen LogP contribution in [0.15, 0.2) is 36.4 Å². The summed E-state index contributed by atoms with van der Waals surface area (Å²) in [6.45, 7) is 4.86. The predicted octanol–water partition coefficient (Wildman–Crippen LogP) is 5.09. The SMILES string of the molecule is COc1cc(Cl)ccc1-c1ccc2c3c1COC3=CC(C)(C)N2. The van der Waals surface area contributed by atoms with Gasteiger partial charge in [0, 0.05) is 27.4 Å². The first-order valence-corrected chi connectivity index (χ1v) is 8.00. The summed E-state index contributed by atoms with van der Waals surface area (Å²) in [5.41, 5.74) is 5.53. The number of halogens is 1. The van der Waals surface area contributed by atoms with Crippen LogP contribution in [0, 0.1) is 0 Å². The molecule has 23 heavy (non-hydrogen) atoms. The van der Waals surface area contributed by atoms with Crippen LogP contribution in [0.1, 0.15) is 25.0 Å². The third-order valence-electron chi connectivity index (χ3n) is 4.33. The molecular weight excluding hydrogens is 310 g/mol. The molecule has 0 radical (unpaired) electrons. The number of ether oxygens (including phenoxy) is 2. The number of rotatable bonds is 2. The number of hydrogen-bond donors (Lipinski definition) is 1. The second-order valence-electron chi connectivity index (χ2n) is 6.50. The van der Waals surface area contributed by atoms with E-state index in [1.807, 2.05) is 18.2 Å². The molecule has 0 atom stereocenters. The lowest BCUT2D eigenvalue weighted by Gasteiger charge is -2.30. The second kappa shape index (κ2) is 4.93. The van der Waals surface area contributed by atoms with Crippen LogP contribution in [0.25, 0.3) is 16.9 Å². The van der Waals surface area contributed by atoms with E-state index in [0.717, 1.165) is 28.3 Å². The van der Waals surface area contributed by atoms with E-state index < -0.39 is 0 Å². The van der Waals surface area contributed by atoms with Crippen molar-refractivity contribution in [1.82, 2.24) is 0 Å². The van der Waals surface area contributed by atoms with Crippen molar-refractivity contribution >= 4 is 23.0 Å². The second-order valence-corrected chi connectivity index (χ2v) is 6.94. The number of anilines is 1. The van der Waals surface area contributed by atoms with E-state index in [-0.39, 0.29) is 5.54 Å². The van der Waals surface area contributed by atoms with Gasteiger partial charge in [-0.15, -0.1) is 0 Å². The van der Waals surface area contributed by atoms with Crippen molar-refractivity contribution in [2.24, 2.45) is 0 Å². The highest BCUT2D eigenvalue weighted by molar-refractivity contribution is 6.30. The van der Waals surface area contributed by atoms with Crippen LogP contribution in [0.5, 0.6) is 5.75 Å². The summed E-state index contributed by atoms with van der Waals surface area (Å²) in [6, 6.07) is 9.98. The Hall–Kier alpha value is -2.13. The van der Waals surface area contributed by atoms with E-state index >= 15 is 0 Å². The van der Waals surface area contributed by atoms with Gasteiger partial charge in [-0.2, -0.15) is 0 Å².